The zero-order valence-electron chi connectivity index (χ0n) is 15.4. The molecule has 1 aliphatic heterocycles. The van der Waals surface area contributed by atoms with E-state index in [4.69, 9.17) is 0 Å². The van der Waals surface area contributed by atoms with Crippen molar-refractivity contribution >= 4 is 11.6 Å². The van der Waals surface area contributed by atoms with Crippen molar-refractivity contribution in [2.24, 2.45) is 0 Å². The zero-order valence-corrected chi connectivity index (χ0v) is 15.4. The minimum absolute atomic E-state index is 0.0723. The normalized spacial score (nSPS) is 17.5. The number of halogens is 1. The largest absolute Gasteiger partial charge is 0.350 e. The molecule has 0 saturated carbocycles. The van der Waals surface area contributed by atoms with Crippen LogP contribution < -0.4 is 5.32 Å². The van der Waals surface area contributed by atoms with Crippen LogP contribution in [0.5, 0.6) is 0 Å². The van der Waals surface area contributed by atoms with Gasteiger partial charge >= 0.3 is 0 Å². The van der Waals surface area contributed by atoms with Crippen LogP contribution in [0.2, 0.25) is 0 Å². The number of likely N-dealkylation sites (tertiary alicyclic amines) is 1. The van der Waals surface area contributed by atoms with E-state index in [2.05, 4.69) is 22.1 Å². The minimum atomic E-state index is -0.273. The number of carbonyl (C=O) groups excluding carboxylic acids is 1. The molecular weight excluding hydrogens is 343 g/mol. The monoisotopic (exact) mass is 366 g/mol. The molecule has 0 unspecified atom stereocenters. The second-order valence-electron chi connectivity index (χ2n) is 6.95. The molecule has 1 N–H and O–H groups in total. The maximum absolute atomic E-state index is 13.1. The highest BCUT2D eigenvalue weighted by Gasteiger charge is 2.23. The van der Waals surface area contributed by atoms with Crippen LogP contribution in [0.25, 0.3) is 16.9 Å². The van der Waals surface area contributed by atoms with E-state index in [0.29, 0.717) is 18.2 Å². The molecule has 4 rings (SSSR count). The molecule has 27 heavy (non-hydrogen) atoms. The quantitative estimate of drug-likeness (QED) is 0.753. The van der Waals surface area contributed by atoms with E-state index in [1.807, 2.05) is 16.7 Å². The first-order valence-corrected chi connectivity index (χ1v) is 9.41. The van der Waals surface area contributed by atoms with Crippen LogP contribution in [-0.4, -0.2) is 45.9 Å². The second-order valence-corrected chi connectivity index (χ2v) is 6.95. The zero-order chi connectivity index (χ0) is 18.8. The van der Waals surface area contributed by atoms with Crippen LogP contribution in [-0.2, 0) is 0 Å². The second kappa shape index (κ2) is 7.48. The van der Waals surface area contributed by atoms with Crippen LogP contribution in [0.15, 0.2) is 48.8 Å². The van der Waals surface area contributed by atoms with Gasteiger partial charge in [-0.15, -0.1) is 0 Å². The molecule has 1 aliphatic rings. The summed E-state index contributed by atoms with van der Waals surface area (Å²) in [6.07, 6.45) is 5.98. The topological polar surface area (TPSA) is 49.6 Å². The number of aromatic nitrogens is 2. The van der Waals surface area contributed by atoms with Crippen molar-refractivity contribution in [3.8, 4) is 11.3 Å². The summed E-state index contributed by atoms with van der Waals surface area (Å²) in [6.45, 7) is 4.97. The fourth-order valence-corrected chi connectivity index (χ4v) is 3.74. The van der Waals surface area contributed by atoms with E-state index in [0.717, 1.165) is 36.4 Å². The summed E-state index contributed by atoms with van der Waals surface area (Å²) in [4.78, 5) is 19.5. The SMILES string of the molecule is CCN1CCC[C@H]1CNC(=O)c1ccc2nc(-c3ccc(F)cc3)cn2c1. The lowest BCUT2D eigenvalue weighted by molar-refractivity contribution is 0.0941. The predicted octanol–water partition coefficient (Wildman–Crippen LogP) is 3.35. The summed E-state index contributed by atoms with van der Waals surface area (Å²) in [5.74, 6) is -0.345. The molecule has 1 aromatic carbocycles. The summed E-state index contributed by atoms with van der Waals surface area (Å²) in [5, 5.41) is 3.06. The van der Waals surface area contributed by atoms with Crippen LogP contribution in [0.3, 0.4) is 0 Å². The number of carbonyl (C=O) groups is 1. The number of amides is 1. The lowest BCUT2D eigenvalue weighted by atomic mass is 10.2. The summed E-state index contributed by atoms with van der Waals surface area (Å²) in [7, 11) is 0. The van der Waals surface area contributed by atoms with Gasteiger partial charge in [0.1, 0.15) is 11.5 Å². The molecule has 1 atom stereocenters. The Hall–Kier alpha value is -2.73. The number of hydrogen-bond donors (Lipinski definition) is 1. The van der Waals surface area contributed by atoms with Gasteiger partial charge in [-0.25, -0.2) is 9.37 Å². The number of rotatable bonds is 5. The molecule has 0 bridgehead atoms. The van der Waals surface area contributed by atoms with Crippen molar-refractivity contribution in [2.75, 3.05) is 19.6 Å². The molecule has 3 heterocycles. The maximum Gasteiger partial charge on any atom is 0.252 e. The lowest BCUT2D eigenvalue weighted by Crippen LogP contribution is -2.40. The van der Waals surface area contributed by atoms with Crippen molar-refractivity contribution in [1.29, 1.82) is 0 Å². The highest BCUT2D eigenvalue weighted by Crippen LogP contribution is 2.20. The van der Waals surface area contributed by atoms with Gasteiger partial charge in [0.25, 0.3) is 5.91 Å². The molecule has 5 nitrogen and oxygen atoms in total. The van der Waals surface area contributed by atoms with Gasteiger partial charge in [0.15, 0.2) is 0 Å². The molecule has 0 aliphatic carbocycles. The van der Waals surface area contributed by atoms with Gasteiger partial charge in [0.2, 0.25) is 0 Å². The van der Waals surface area contributed by atoms with Gasteiger partial charge in [0.05, 0.1) is 11.3 Å². The molecule has 0 spiro atoms. The molecule has 3 aromatic rings. The van der Waals surface area contributed by atoms with Crippen LogP contribution >= 0.6 is 0 Å². The molecule has 1 fully saturated rings. The Kier molecular flexibility index (Phi) is 4.90. The van der Waals surface area contributed by atoms with Gasteiger partial charge in [0, 0.05) is 30.5 Å². The van der Waals surface area contributed by atoms with Crippen LogP contribution in [0.4, 0.5) is 4.39 Å². The lowest BCUT2D eigenvalue weighted by Gasteiger charge is -2.22. The minimum Gasteiger partial charge on any atom is -0.350 e. The van der Waals surface area contributed by atoms with E-state index in [-0.39, 0.29) is 11.7 Å². The third kappa shape index (κ3) is 3.71. The number of fused-ring (bicyclic) bond motifs is 1. The Morgan fingerprint density at radius 1 is 1.22 bits per heavy atom. The van der Waals surface area contributed by atoms with Crippen molar-refractivity contribution in [2.45, 2.75) is 25.8 Å². The summed E-state index contributed by atoms with van der Waals surface area (Å²) < 4.78 is 14.9. The molecule has 2 aromatic heterocycles. The number of pyridine rings is 1. The number of hydrogen-bond acceptors (Lipinski definition) is 3. The molecule has 1 amide bonds. The molecule has 140 valence electrons. The Morgan fingerprint density at radius 2 is 2.04 bits per heavy atom. The summed E-state index contributed by atoms with van der Waals surface area (Å²) in [5.41, 5.74) is 2.94. The fraction of sp³-hybridized carbons (Fsp3) is 0.333. The van der Waals surface area contributed by atoms with Crippen LogP contribution in [0.1, 0.15) is 30.1 Å². The Morgan fingerprint density at radius 3 is 2.81 bits per heavy atom. The van der Waals surface area contributed by atoms with E-state index in [1.165, 1.54) is 18.6 Å². The third-order valence-corrected chi connectivity index (χ3v) is 5.26. The molecule has 1 saturated heterocycles. The van der Waals surface area contributed by atoms with E-state index in [9.17, 15) is 9.18 Å². The average molecular weight is 366 g/mol. The Labute approximate surface area is 157 Å². The highest BCUT2D eigenvalue weighted by atomic mass is 19.1. The number of nitrogens with zero attached hydrogens (tertiary/aromatic N) is 3. The molecular formula is C21H23FN4O. The highest BCUT2D eigenvalue weighted by molar-refractivity contribution is 5.94. The van der Waals surface area contributed by atoms with Gasteiger partial charge in [-0.05, 0) is 62.3 Å². The summed E-state index contributed by atoms with van der Waals surface area (Å²) in [6, 6.07) is 10.3. The van der Waals surface area contributed by atoms with E-state index >= 15 is 0 Å². The Balaban J connectivity index is 1.49. The smallest absolute Gasteiger partial charge is 0.252 e. The van der Waals surface area contributed by atoms with Crippen molar-refractivity contribution in [3.63, 3.8) is 0 Å². The first-order valence-electron chi connectivity index (χ1n) is 9.41. The van der Waals surface area contributed by atoms with Gasteiger partial charge in [-0.1, -0.05) is 6.92 Å². The Bertz CT molecular complexity index is 950. The van der Waals surface area contributed by atoms with Crippen molar-refractivity contribution in [1.82, 2.24) is 19.6 Å². The number of imidazole rings is 1. The standard InChI is InChI=1S/C21H23FN4O/c1-2-25-11-3-4-18(25)12-23-21(27)16-7-10-20-24-19(14-26(20)13-16)15-5-8-17(22)9-6-15/h5-10,13-14,18H,2-4,11-12H2,1H3,(H,23,27)/t18-/m0/s1. The number of nitrogens with one attached hydrogen (secondary N) is 1. The van der Waals surface area contributed by atoms with Gasteiger partial charge in [-0.3, -0.25) is 9.69 Å². The maximum atomic E-state index is 13.1. The van der Waals surface area contributed by atoms with Gasteiger partial charge in [-0.2, -0.15) is 0 Å². The van der Waals surface area contributed by atoms with E-state index in [1.54, 1.807) is 24.4 Å². The van der Waals surface area contributed by atoms with Gasteiger partial charge < -0.3 is 9.72 Å². The average Bonchev–Trinajstić information content (AvgIpc) is 3.32. The van der Waals surface area contributed by atoms with Crippen molar-refractivity contribution in [3.05, 3.63) is 60.2 Å². The van der Waals surface area contributed by atoms with E-state index < -0.39 is 0 Å². The first kappa shape index (κ1) is 17.7. The van der Waals surface area contributed by atoms with Crippen LogP contribution in [0, 0.1) is 5.82 Å². The number of likely N-dealkylation sites (N-methyl/N-ethyl adjacent to an activating group) is 1. The first-order chi connectivity index (χ1) is 13.1. The predicted molar refractivity (Wildman–Crippen MR) is 103 cm³/mol. The third-order valence-electron chi connectivity index (χ3n) is 5.26. The fourth-order valence-electron chi connectivity index (χ4n) is 3.74. The molecule has 6 heteroatoms. The summed E-state index contributed by atoms with van der Waals surface area (Å²) >= 11 is 0. The van der Waals surface area contributed by atoms with Crippen molar-refractivity contribution < 1.29 is 9.18 Å². The molecule has 0 radical (unpaired) electrons. The number of benzene rings is 1.